The fourth-order valence-electron chi connectivity index (χ4n) is 2.43. The number of carbonyl (C=O) groups excluding carboxylic acids is 1. The van der Waals surface area contributed by atoms with Crippen LogP contribution >= 0.6 is 0 Å². The summed E-state index contributed by atoms with van der Waals surface area (Å²) in [5.41, 5.74) is 2.66. The summed E-state index contributed by atoms with van der Waals surface area (Å²) < 4.78 is 5.69. The second kappa shape index (κ2) is 5.10. The summed E-state index contributed by atoms with van der Waals surface area (Å²) in [4.78, 5) is 12.1. The molecule has 2 heterocycles. The Morgan fingerprint density at radius 1 is 1.32 bits per heavy atom. The monoisotopic (exact) mass is 263 g/mol. The van der Waals surface area contributed by atoms with Crippen LogP contribution in [0.25, 0.3) is 0 Å². The van der Waals surface area contributed by atoms with Crippen molar-refractivity contribution in [1.82, 2.24) is 15.5 Å². The van der Waals surface area contributed by atoms with Crippen molar-refractivity contribution in [3.8, 4) is 0 Å². The summed E-state index contributed by atoms with van der Waals surface area (Å²) >= 11 is 0. The van der Waals surface area contributed by atoms with Crippen molar-refractivity contribution in [2.24, 2.45) is 11.8 Å². The van der Waals surface area contributed by atoms with Gasteiger partial charge in [-0.1, -0.05) is 0 Å². The van der Waals surface area contributed by atoms with Crippen LogP contribution in [0.3, 0.4) is 0 Å². The summed E-state index contributed by atoms with van der Waals surface area (Å²) in [6.45, 7) is 0.716. The molecule has 4 N–H and O–H groups in total. The summed E-state index contributed by atoms with van der Waals surface area (Å²) in [6.07, 6.45) is 3.44. The third-order valence-electron chi connectivity index (χ3n) is 3.58. The number of nitrogens with one attached hydrogen (secondary N) is 2. The fourth-order valence-corrected chi connectivity index (χ4v) is 2.43. The number of nitrogens with zero attached hydrogens (tertiary/aromatic N) is 2. The van der Waals surface area contributed by atoms with Crippen molar-refractivity contribution in [3.63, 3.8) is 0 Å². The number of nitrogens with two attached hydrogens (primary N) is 1. The molecule has 2 fully saturated rings. The maximum atomic E-state index is 12.1. The lowest BCUT2D eigenvalue weighted by atomic mass is 10.1. The second-order valence-electron chi connectivity index (χ2n) is 4.99. The third-order valence-corrected chi connectivity index (χ3v) is 3.58. The molecule has 102 valence electrons. The minimum Gasteiger partial charge on any atom is -0.376 e. The van der Waals surface area contributed by atoms with E-state index in [9.17, 15) is 4.79 Å². The highest BCUT2D eigenvalue weighted by atomic mass is 16.5. The van der Waals surface area contributed by atoms with Gasteiger partial charge in [-0.05, 0) is 37.3 Å². The molecule has 0 radical (unpaired) electrons. The van der Waals surface area contributed by atoms with Crippen LogP contribution in [-0.2, 0) is 4.74 Å². The van der Waals surface area contributed by atoms with Crippen LogP contribution in [0.5, 0.6) is 0 Å². The molecule has 1 amide bonds. The number of hydrazine groups is 1. The Balaban J connectivity index is 1.63. The number of carbonyl (C=O) groups is 1. The molecule has 1 aliphatic heterocycles. The first kappa shape index (κ1) is 12.3. The molecule has 1 saturated heterocycles. The minimum atomic E-state index is -0.211. The van der Waals surface area contributed by atoms with Crippen molar-refractivity contribution in [1.29, 1.82) is 0 Å². The number of hydrogen-bond acceptors (Lipinski definition) is 6. The van der Waals surface area contributed by atoms with Crippen molar-refractivity contribution in [2.75, 3.05) is 12.0 Å². The normalized spacial score (nSPS) is 26.2. The van der Waals surface area contributed by atoms with E-state index in [-0.39, 0.29) is 18.1 Å². The predicted octanol–water partition coefficient (Wildman–Crippen LogP) is 0.0595. The zero-order valence-corrected chi connectivity index (χ0v) is 10.5. The van der Waals surface area contributed by atoms with Gasteiger partial charge in [0.05, 0.1) is 12.1 Å². The molecular formula is C12H17N5O2. The Labute approximate surface area is 110 Å². The van der Waals surface area contributed by atoms with Crippen molar-refractivity contribution in [2.45, 2.75) is 31.4 Å². The SMILES string of the molecule is NNc1ccc(C(=O)NC2CCOC2C2CC2)nn1. The first-order valence-electron chi connectivity index (χ1n) is 6.51. The Kier molecular flexibility index (Phi) is 3.31. The molecule has 19 heavy (non-hydrogen) atoms. The topological polar surface area (TPSA) is 102 Å². The molecule has 2 aliphatic rings. The van der Waals surface area contributed by atoms with Crippen molar-refractivity contribution >= 4 is 11.7 Å². The zero-order valence-electron chi connectivity index (χ0n) is 10.5. The summed E-state index contributed by atoms with van der Waals surface area (Å²) in [6, 6.07) is 3.30. The van der Waals surface area contributed by atoms with E-state index in [2.05, 4.69) is 20.9 Å². The average molecular weight is 263 g/mol. The lowest BCUT2D eigenvalue weighted by Crippen LogP contribution is -2.41. The summed E-state index contributed by atoms with van der Waals surface area (Å²) in [5, 5.41) is 10.6. The number of ether oxygens (including phenoxy) is 1. The van der Waals surface area contributed by atoms with Gasteiger partial charge in [-0.15, -0.1) is 10.2 Å². The lowest BCUT2D eigenvalue weighted by molar-refractivity contribution is 0.0727. The Hall–Kier alpha value is -1.73. The molecule has 1 aliphatic carbocycles. The minimum absolute atomic E-state index is 0.0918. The fraction of sp³-hybridized carbons (Fsp3) is 0.583. The Morgan fingerprint density at radius 3 is 2.79 bits per heavy atom. The molecule has 0 aromatic carbocycles. The molecule has 2 unspecified atom stereocenters. The van der Waals surface area contributed by atoms with Gasteiger partial charge in [-0.3, -0.25) is 4.79 Å². The molecule has 1 aromatic rings. The van der Waals surface area contributed by atoms with E-state index in [1.165, 1.54) is 12.8 Å². The van der Waals surface area contributed by atoms with E-state index in [0.717, 1.165) is 6.42 Å². The largest absolute Gasteiger partial charge is 0.376 e. The van der Waals surface area contributed by atoms with Crippen molar-refractivity contribution in [3.05, 3.63) is 17.8 Å². The van der Waals surface area contributed by atoms with E-state index in [1.54, 1.807) is 12.1 Å². The number of nitrogen functional groups attached to an aromatic ring is 1. The third kappa shape index (κ3) is 2.66. The molecule has 1 saturated carbocycles. The Bertz CT molecular complexity index is 460. The smallest absolute Gasteiger partial charge is 0.272 e. The van der Waals surface area contributed by atoms with E-state index < -0.39 is 0 Å². The molecule has 0 spiro atoms. The van der Waals surface area contributed by atoms with Crippen LogP contribution in [0.15, 0.2) is 12.1 Å². The van der Waals surface area contributed by atoms with Crippen LogP contribution in [0.4, 0.5) is 5.82 Å². The van der Waals surface area contributed by atoms with Gasteiger partial charge in [0.25, 0.3) is 5.91 Å². The molecular weight excluding hydrogens is 246 g/mol. The standard InChI is InChI=1S/C12H17N5O2/c13-15-10-4-3-9(16-17-10)12(18)14-8-5-6-19-11(8)7-1-2-7/h3-4,7-8,11H,1-2,5-6,13H2,(H,14,18)(H,15,17). The van der Waals surface area contributed by atoms with Gasteiger partial charge in [0, 0.05) is 6.61 Å². The summed E-state index contributed by atoms with van der Waals surface area (Å²) in [7, 11) is 0. The number of amides is 1. The van der Waals surface area contributed by atoms with Gasteiger partial charge in [0.15, 0.2) is 11.5 Å². The van der Waals surface area contributed by atoms with E-state index in [0.29, 0.717) is 24.0 Å². The van der Waals surface area contributed by atoms with Crippen LogP contribution in [0.1, 0.15) is 29.8 Å². The van der Waals surface area contributed by atoms with Gasteiger partial charge >= 0.3 is 0 Å². The maximum absolute atomic E-state index is 12.1. The highest BCUT2D eigenvalue weighted by Gasteiger charge is 2.41. The molecule has 2 atom stereocenters. The quantitative estimate of drug-likeness (QED) is 0.524. The maximum Gasteiger partial charge on any atom is 0.272 e. The molecule has 7 nitrogen and oxygen atoms in total. The van der Waals surface area contributed by atoms with E-state index >= 15 is 0 Å². The molecule has 7 heteroatoms. The highest BCUT2D eigenvalue weighted by Crippen LogP contribution is 2.38. The van der Waals surface area contributed by atoms with Crippen LogP contribution in [-0.4, -0.2) is 34.9 Å². The van der Waals surface area contributed by atoms with Gasteiger partial charge in [-0.25, -0.2) is 5.84 Å². The molecule has 1 aromatic heterocycles. The Morgan fingerprint density at radius 2 is 2.16 bits per heavy atom. The van der Waals surface area contributed by atoms with Crippen LogP contribution < -0.4 is 16.6 Å². The van der Waals surface area contributed by atoms with Gasteiger partial charge in [0.1, 0.15) is 0 Å². The average Bonchev–Trinajstić information content (AvgIpc) is 3.19. The van der Waals surface area contributed by atoms with Gasteiger partial charge < -0.3 is 15.5 Å². The first-order chi connectivity index (χ1) is 9.28. The molecule has 3 rings (SSSR count). The number of aromatic nitrogens is 2. The van der Waals surface area contributed by atoms with E-state index in [4.69, 9.17) is 10.6 Å². The van der Waals surface area contributed by atoms with Crippen LogP contribution in [0, 0.1) is 5.92 Å². The zero-order chi connectivity index (χ0) is 13.2. The van der Waals surface area contributed by atoms with Crippen LogP contribution in [0.2, 0.25) is 0 Å². The molecule has 0 bridgehead atoms. The van der Waals surface area contributed by atoms with E-state index in [1.807, 2.05) is 0 Å². The predicted molar refractivity (Wildman–Crippen MR) is 68.2 cm³/mol. The van der Waals surface area contributed by atoms with Gasteiger partial charge in [0.2, 0.25) is 0 Å². The number of hydrogen-bond donors (Lipinski definition) is 3. The lowest BCUT2D eigenvalue weighted by Gasteiger charge is -2.19. The summed E-state index contributed by atoms with van der Waals surface area (Å²) in [5.74, 6) is 6.03. The highest BCUT2D eigenvalue weighted by molar-refractivity contribution is 5.92. The van der Waals surface area contributed by atoms with Crippen molar-refractivity contribution < 1.29 is 9.53 Å². The number of rotatable bonds is 4. The number of anilines is 1. The second-order valence-corrected chi connectivity index (χ2v) is 4.99. The first-order valence-corrected chi connectivity index (χ1v) is 6.51. The van der Waals surface area contributed by atoms with Gasteiger partial charge in [-0.2, -0.15) is 0 Å².